The predicted molar refractivity (Wildman–Crippen MR) is 98.8 cm³/mol. The van der Waals surface area contributed by atoms with Crippen LogP contribution in [0.5, 0.6) is 0 Å². The van der Waals surface area contributed by atoms with Crippen LogP contribution in [0.1, 0.15) is 37.9 Å². The van der Waals surface area contributed by atoms with E-state index < -0.39 is 0 Å². The lowest BCUT2D eigenvalue weighted by Crippen LogP contribution is -2.56. The van der Waals surface area contributed by atoms with Crippen LogP contribution in [0.3, 0.4) is 0 Å². The SMILES string of the molecule is O=C(NCCCc1nc2ncccc2[nH]1)C1COCCN1C1CCCC1. The highest BCUT2D eigenvalue weighted by molar-refractivity contribution is 5.82. The molecule has 140 valence electrons. The van der Waals surface area contributed by atoms with Crippen LogP contribution >= 0.6 is 0 Å². The van der Waals surface area contributed by atoms with E-state index in [0.717, 1.165) is 43.0 Å². The molecule has 2 aliphatic rings. The number of amides is 1. The van der Waals surface area contributed by atoms with Gasteiger partial charge in [0.25, 0.3) is 0 Å². The highest BCUT2D eigenvalue weighted by Gasteiger charge is 2.35. The van der Waals surface area contributed by atoms with Gasteiger partial charge in [0.15, 0.2) is 5.65 Å². The van der Waals surface area contributed by atoms with Gasteiger partial charge in [-0.25, -0.2) is 9.97 Å². The van der Waals surface area contributed by atoms with Crippen molar-refractivity contribution in [2.45, 2.75) is 50.6 Å². The van der Waals surface area contributed by atoms with Crippen LogP contribution < -0.4 is 5.32 Å². The number of ether oxygens (including phenoxy) is 1. The van der Waals surface area contributed by atoms with Crippen molar-refractivity contribution in [2.24, 2.45) is 0 Å². The molecule has 7 heteroatoms. The summed E-state index contributed by atoms with van der Waals surface area (Å²) in [4.78, 5) is 27.0. The molecule has 0 spiro atoms. The molecule has 1 saturated carbocycles. The number of imidazole rings is 1. The number of pyridine rings is 1. The van der Waals surface area contributed by atoms with Crippen molar-refractivity contribution in [3.63, 3.8) is 0 Å². The summed E-state index contributed by atoms with van der Waals surface area (Å²) >= 11 is 0. The Morgan fingerprint density at radius 1 is 1.38 bits per heavy atom. The van der Waals surface area contributed by atoms with Crippen molar-refractivity contribution in [3.8, 4) is 0 Å². The van der Waals surface area contributed by atoms with Gasteiger partial charge in [0.2, 0.25) is 5.91 Å². The van der Waals surface area contributed by atoms with E-state index in [2.05, 4.69) is 25.2 Å². The first-order chi connectivity index (χ1) is 12.8. The van der Waals surface area contributed by atoms with E-state index in [-0.39, 0.29) is 11.9 Å². The van der Waals surface area contributed by atoms with E-state index in [4.69, 9.17) is 4.74 Å². The third kappa shape index (κ3) is 3.88. The number of carbonyl (C=O) groups is 1. The zero-order valence-electron chi connectivity index (χ0n) is 15.1. The molecule has 4 rings (SSSR count). The van der Waals surface area contributed by atoms with Gasteiger partial charge >= 0.3 is 0 Å². The van der Waals surface area contributed by atoms with Crippen molar-refractivity contribution in [3.05, 3.63) is 24.2 Å². The summed E-state index contributed by atoms with van der Waals surface area (Å²) in [6.07, 6.45) is 8.38. The number of aromatic nitrogens is 3. The molecular formula is C19H27N5O2. The smallest absolute Gasteiger partial charge is 0.239 e. The Labute approximate surface area is 153 Å². The van der Waals surface area contributed by atoms with Gasteiger partial charge in [-0.1, -0.05) is 12.8 Å². The molecular weight excluding hydrogens is 330 g/mol. The van der Waals surface area contributed by atoms with Gasteiger partial charge in [0.05, 0.1) is 18.7 Å². The molecule has 2 aromatic heterocycles. The van der Waals surface area contributed by atoms with E-state index in [1.165, 1.54) is 25.7 Å². The third-order valence-corrected chi connectivity index (χ3v) is 5.46. The molecule has 1 aliphatic heterocycles. The second-order valence-corrected chi connectivity index (χ2v) is 7.22. The van der Waals surface area contributed by atoms with Crippen LogP contribution in [0.4, 0.5) is 0 Å². The average Bonchev–Trinajstić information content (AvgIpc) is 3.34. The normalized spacial score (nSPS) is 22.1. The molecule has 1 unspecified atom stereocenters. The number of nitrogens with zero attached hydrogens (tertiary/aromatic N) is 3. The molecule has 1 atom stereocenters. The Hall–Kier alpha value is -1.99. The first kappa shape index (κ1) is 17.4. The van der Waals surface area contributed by atoms with E-state index in [1.54, 1.807) is 6.20 Å². The molecule has 1 aliphatic carbocycles. The van der Waals surface area contributed by atoms with E-state index in [9.17, 15) is 4.79 Å². The summed E-state index contributed by atoms with van der Waals surface area (Å²) in [5.41, 5.74) is 1.70. The monoisotopic (exact) mass is 357 g/mol. The van der Waals surface area contributed by atoms with Gasteiger partial charge in [-0.3, -0.25) is 9.69 Å². The number of aryl methyl sites for hydroxylation is 1. The fourth-order valence-electron chi connectivity index (χ4n) is 4.11. The highest BCUT2D eigenvalue weighted by atomic mass is 16.5. The maximum Gasteiger partial charge on any atom is 0.239 e. The van der Waals surface area contributed by atoms with Gasteiger partial charge in [-0.05, 0) is 31.4 Å². The van der Waals surface area contributed by atoms with Crippen LogP contribution in [0.2, 0.25) is 0 Å². The Balaban J connectivity index is 1.26. The minimum Gasteiger partial charge on any atom is -0.378 e. The number of hydrogen-bond donors (Lipinski definition) is 2. The molecule has 0 bridgehead atoms. The molecule has 26 heavy (non-hydrogen) atoms. The number of morpholine rings is 1. The maximum atomic E-state index is 12.7. The highest BCUT2D eigenvalue weighted by Crippen LogP contribution is 2.26. The number of aromatic amines is 1. The topological polar surface area (TPSA) is 83.1 Å². The number of rotatable bonds is 6. The molecule has 0 radical (unpaired) electrons. The summed E-state index contributed by atoms with van der Waals surface area (Å²) in [5.74, 6) is 1.02. The van der Waals surface area contributed by atoms with Crippen LogP contribution in [0.15, 0.2) is 18.3 Å². The third-order valence-electron chi connectivity index (χ3n) is 5.46. The van der Waals surface area contributed by atoms with Crippen LogP contribution in [0, 0.1) is 0 Å². The summed E-state index contributed by atoms with van der Waals surface area (Å²) in [7, 11) is 0. The maximum absolute atomic E-state index is 12.7. The largest absolute Gasteiger partial charge is 0.378 e. The number of hydrogen-bond acceptors (Lipinski definition) is 5. The van der Waals surface area contributed by atoms with Gasteiger partial charge in [-0.15, -0.1) is 0 Å². The van der Waals surface area contributed by atoms with Crippen molar-refractivity contribution in [1.29, 1.82) is 0 Å². The van der Waals surface area contributed by atoms with E-state index in [1.807, 2.05) is 12.1 Å². The number of nitrogens with one attached hydrogen (secondary N) is 2. The lowest BCUT2D eigenvalue weighted by molar-refractivity contribution is -0.134. The zero-order chi connectivity index (χ0) is 17.8. The number of H-pyrrole nitrogens is 1. The van der Waals surface area contributed by atoms with Gasteiger partial charge in [0.1, 0.15) is 11.9 Å². The van der Waals surface area contributed by atoms with Crippen molar-refractivity contribution in [2.75, 3.05) is 26.3 Å². The number of carbonyl (C=O) groups excluding carboxylic acids is 1. The quantitative estimate of drug-likeness (QED) is 0.768. The Bertz CT molecular complexity index is 707. The van der Waals surface area contributed by atoms with Crippen molar-refractivity contribution < 1.29 is 9.53 Å². The molecule has 7 nitrogen and oxygen atoms in total. The molecule has 2 fully saturated rings. The number of fused-ring (bicyclic) bond motifs is 1. The van der Waals surface area contributed by atoms with Gasteiger partial charge in [0, 0.05) is 31.7 Å². The summed E-state index contributed by atoms with van der Waals surface area (Å²) in [6, 6.07) is 4.29. The lowest BCUT2D eigenvalue weighted by Gasteiger charge is -2.38. The van der Waals surface area contributed by atoms with Crippen molar-refractivity contribution >= 4 is 17.1 Å². The Morgan fingerprint density at radius 2 is 2.27 bits per heavy atom. The Morgan fingerprint density at radius 3 is 3.12 bits per heavy atom. The zero-order valence-corrected chi connectivity index (χ0v) is 15.1. The minimum atomic E-state index is -0.137. The molecule has 2 aromatic rings. The summed E-state index contributed by atoms with van der Waals surface area (Å²) in [5, 5.41) is 3.09. The second kappa shape index (κ2) is 8.14. The fraction of sp³-hybridized carbons (Fsp3) is 0.632. The molecule has 0 aromatic carbocycles. The summed E-state index contributed by atoms with van der Waals surface area (Å²) in [6.45, 7) is 2.77. The first-order valence-corrected chi connectivity index (χ1v) is 9.72. The minimum absolute atomic E-state index is 0.0999. The molecule has 1 saturated heterocycles. The molecule has 1 amide bonds. The van der Waals surface area contributed by atoms with Gasteiger partial charge < -0.3 is 15.0 Å². The first-order valence-electron chi connectivity index (χ1n) is 9.72. The fourth-order valence-corrected chi connectivity index (χ4v) is 4.11. The van der Waals surface area contributed by atoms with Gasteiger partial charge in [-0.2, -0.15) is 0 Å². The van der Waals surface area contributed by atoms with E-state index in [0.29, 0.717) is 19.2 Å². The summed E-state index contributed by atoms with van der Waals surface area (Å²) < 4.78 is 5.58. The average molecular weight is 357 g/mol. The van der Waals surface area contributed by atoms with Crippen LogP contribution in [-0.2, 0) is 16.0 Å². The molecule has 2 N–H and O–H groups in total. The lowest BCUT2D eigenvalue weighted by atomic mass is 10.1. The Kier molecular flexibility index (Phi) is 5.45. The van der Waals surface area contributed by atoms with Crippen molar-refractivity contribution in [1.82, 2.24) is 25.2 Å². The van der Waals surface area contributed by atoms with E-state index >= 15 is 0 Å². The van der Waals surface area contributed by atoms with Crippen LogP contribution in [-0.4, -0.2) is 64.1 Å². The second-order valence-electron chi connectivity index (χ2n) is 7.22. The predicted octanol–water partition coefficient (Wildman–Crippen LogP) is 1.65. The van der Waals surface area contributed by atoms with Crippen LogP contribution in [0.25, 0.3) is 11.2 Å². The standard InChI is InChI=1S/C19H27N5O2/c25-19(16-13-26-12-11-24(16)14-5-1-2-6-14)21-10-4-8-17-22-15-7-3-9-20-18(15)23-17/h3,7,9,14,16H,1-2,4-6,8,10-13H2,(H,21,25)(H,20,22,23). The molecule has 3 heterocycles.